The van der Waals surface area contributed by atoms with Gasteiger partial charge in [-0.25, -0.2) is 0 Å². The number of carboxylic acids is 1. The topological polar surface area (TPSA) is 69.6 Å². The zero-order valence-electron chi connectivity index (χ0n) is 11.0. The van der Waals surface area contributed by atoms with E-state index in [1.807, 2.05) is 13.8 Å². The van der Waals surface area contributed by atoms with Crippen LogP contribution in [0.5, 0.6) is 0 Å². The Morgan fingerprint density at radius 3 is 2.41 bits per heavy atom. The summed E-state index contributed by atoms with van der Waals surface area (Å²) in [6, 6.07) is 0.294. The lowest BCUT2D eigenvalue weighted by Gasteiger charge is -2.25. The number of aliphatic carboxylic acids is 1. The fourth-order valence-corrected chi connectivity index (χ4v) is 1.50. The highest BCUT2D eigenvalue weighted by atomic mass is 16.4. The first-order valence-electron chi connectivity index (χ1n) is 6.19. The van der Waals surface area contributed by atoms with E-state index >= 15 is 0 Å². The van der Waals surface area contributed by atoms with Crippen LogP contribution in [0.3, 0.4) is 0 Å². The quantitative estimate of drug-likeness (QED) is 0.596. The van der Waals surface area contributed by atoms with Gasteiger partial charge in [-0.05, 0) is 26.8 Å². The minimum Gasteiger partial charge on any atom is -0.480 e. The third-order valence-electron chi connectivity index (χ3n) is 2.56. The summed E-state index contributed by atoms with van der Waals surface area (Å²) in [7, 11) is 0. The number of unbranched alkanes of at least 4 members (excludes halogenated alkanes) is 2. The molecule has 0 heterocycles. The van der Waals surface area contributed by atoms with Crippen molar-refractivity contribution in [3.63, 3.8) is 0 Å². The second-order valence-corrected chi connectivity index (χ2v) is 4.44. The first-order valence-corrected chi connectivity index (χ1v) is 6.19. The van der Waals surface area contributed by atoms with E-state index in [1.165, 1.54) is 0 Å². The molecule has 0 saturated heterocycles. The number of nitrogens with one attached hydrogen (secondary N) is 1. The number of nitrogens with zero attached hydrogens (tertiary/aromatic N) is 1. The van der Waals surface area contributed by atoms with E-state index in [0.29, 0.717) is 6.04 Å². The minimum absolute atomic E-state index is 0.224. The van der Waals surface area contributed by atoms with Crippen molar-refractivity contribution in [2.45, 2.75) is 46.1 Å². The molecule has 0 unspecified atom stereocenters. The molecule has 0 aliphatic rings. The molecule has 0 rings (SSSR count). The number of hydrogen-bond donors (Lipinski definition) is 2. The molecular formula is C12H24N2O3. The van der Waals surface area contributed by atoms with E-state index in [1.54, 1.807) is 0 Å². The van der Waals surface area contributed by atoms with Gasteiger partial charge in [-0.15, -0.1) is 0 Å². The summed E-state index contributed by atoms with van der Waals surface area (Å²) in [4.78, 5) is 23.8. The van der Waals surface area contributed by atoms with E-state index in [9.17, 15) is 9.59 Å². The predicted molar refractivity (Wildman–Crippen MR) is 66.9 cm³/mol. The third kappa shape index (κ3) is 8.68. The minimum atomic E-state index is -1.01. The van der Waals surface area contributed by atoms with Crippen LogP contribution in [0.2, 0.25) is 0 Å². The summed E-state index contributed by atoms with van der Waals surface area (Å²) in [5.41, 5.74) is 0. The smallest absolute Gasteiger partial charge is 0.322 e. The average molecular weight is 244 g/mol. The van der Waals surface area contributed by atoms with Gasteiger partial charge in [-0.3, -0.25) is 14.5 Å². The molecule has 5 nitrogen and oxygen atoms in total. The largest absolute Gasteiger partial charge is 0.480 e. The summed E-state index contributed by atoms with van der Waals surface area (Å²) in [5.74, 6) is -1.24. The second kappa shape index (κ2) is 8.98. The van der Waals surface area contributed by atoms with Gasteiger partial charge in [0.2, 0.25) is 5.91 Å². The van der Waals surface area contributed by atoms with Crippen LogP contribution in [0.15, 0.2) is 0 Å². The molecule has 1 amide bonds. The molecule has 100 valence electrons. The van der Waals surface area contributed by atoms with Crippen LogP contribution in [0.4, 0.5) is 0 Å². The Kier molecular flexibility index (Phi) is 8.40. The van der Waals surface area contributed by atoms with Gasteiger partial charge < -0.3 is 10.4 Å². The zero-order chi connectivity index (χ0) is 13.3. The first-order chi connectivity index (χ1) is 7.97. The normalized spacial score (nSPS) is 10.9. The van der Waals surface area contributed by atoms with Crippen LogP contribution >= 0.6 is 0 Å². The lowest BCUT2D eigenvalue weighted by atomic mass is 10.2. The molecule has 0 aromatic heterocycles. The Morgan fingerprint density at radius 1 is 1.29 bits per heavy atom. The van der Waals surface area contributed by atoms with Crippen molar-refractivity contribution < 1.29 is 14.7 Å². The molecule has 2 N–H and O–H groups in total. The number of carboxylic acid groups (broad SMARTS) is 1. The van der Waals surface area contributed by atoms with Gasteiger partial charge in [-0.1, -0.05) is 19.8 Å². The Morgan fingerprint density at radius 2 is 1.94 bits per heavy atom. The highest BCUT2D eigenvalue weighted by molar-refractivity contribution is 5.82. The van der Waals surface area contributed by atoms with Crippen LogP contribution in [0.1, 0.15) is 40.0 Å². The predicted octanol–water partition coefficient (Wildman–Crippen LogP) is 1.09. The molecule has 0 aliphatic carbocycles. The van der Waals surface area contributed by atoms with Crippen LogP contribution in [-0.2, 0) is 9.59 Å². The molecule has 0 aromatic rings. The van der Waals surface area contributed by atoms with Crippen LogP contribution in [0.25, 0.3) is 0 Å². The standard InChI is InChI=1S/C12H24N2O3/c1-4-5-6-7-14(10(2)3)9-11(15)13-8-12(16)17/h10H,4-9H2,1-3H3,(H,13,15)(H,16,17). The number of rotatable bonds is 9. The maximum atomic E-state index is 11.5. The Hall–Kier alpha value is -1.10. The highest BCUT2D eigenvalue weighted by Gasteiger charge is 2.13. The Bertz CT molecular complexity index is 242. The Balaban J connectivity index is 3.97. The first kappa shape index (κ1) is 15.9. The lowest BCUT2D eigenvalue weighted by Crippen LogP contribution is -2.42. The fraction of sp³-hybridized carbons (Fsp3) is 0.833. The Labute approximate surface area is 103 Å². The van der Waals surface area contributed by atoms with Crippen molar-refractivity contribution in [3.05, 3.63) is 0 Å². The summed E-state index contributed by atoms with van der Waals surface area (Å²) in [6.07, 6.45) is 3.37. The maximum Gasteiger partial charge on any atom is 0.322 e. The van der Waals surface area contributed by atoms with Crippen molar-refractivity contribution >= 4 is 11.9 Å². The molecule has 0 aromatic carbocycles. The number of carbonyl (C=O) groups excluding carboxylic acids is 1. The summed E-state index contributed by atoms with van der Waals surface area (Å²) < 4.78 is 0. The average Bonchev–Trinajstić information content (AvgIpc) is 2.25. The molecule has 17 heavy (non-hydrogen) atoms. The monoisotopic (exact) mass is 244 g/mol. The van der Waals surface area contributed by atoms with E-state index < -0.39 is 5.97 Å². The maximum absolute atomic E-state index is 11.5. The highest BCUT2D eigenvalue weighted by Crippen LogP contribution is 2.02. The number of amides is 1. The molecular weight excluding hydrogens is 220 g/mol. The summed E-state index contributed by atoms with van der Waals surface area (Å²) in [5, 5.41) is 10.8. The van der Waals surface area contributed by atoms with Crippen LogP contribution in [-0.4, -0.2) is 47.6 Å². The van der Waals surface area contributed by atoms with Crippen molar-refractivity contribution in [1.29, 1.82) is 0 Å². The van der Waals surface area contributed by atoms with E-state index in [2.05, 4.69) is 17.1 Å². The van der Waals surface area contributed by atoms with E-state index in [0.717, 1.165) is 25.8 Å². The SMILES string of the molecule is CCCCCN(CC(=O)NCC(=O)O)C(C)C. The summed E-state index contributed by atoms with van der Waals surface area (Å²) in [6.45, 7) is 7.06. The molecule has 0 bridgehead atoms. The second-order valence-electron chi connectivity index (χ2n) is 4.44. The van der Waals surface area contributed by atoms with E-state index in [-0.39, 0.29) is 19.0 Å². The van der Waals surface area contributed by atoms with Gasteiger partial charge in [0.25, 0.3) is 0 Å². The number of carbonyl (C=O) groups is 2. The van der Waals surface area contributed by atoms with Crippen molar-refractivity contribution in [2.24, 2.45) is 0 Å². The van der Waals surface area contributed by atoms with Gasteiger partial charge in [0.05, 0.1) is 6.54 Å². The molecule has 0 radical (unpaired) electrons. The summed E-state index contributed by atoms with van der Waals surface area (Å²) >= 11 is 0. The van der Waals surface area contributed by atoms with Gasteiger partial charge in [0.15, 0.2) is 0 Å². The lowest BCUT2D eigenvalue weighted by molar-refractivity contribution is -0.138. The third-order valence-corrected chi connectivity index (χ3v) is 2.56. The van der Waals surface area contributed by atoms with Crippen LogP contribution in [0, 0.1) is 0 Å². The molecule has 0 saturated carbocycles. The number of hydrogen-bond acceptors (Lipinski definition) is 3. The fourth-order valence-electron chi connectivity index (χ4n) is 1.50. The molecule has 5 heteroatoms. The van der Waals surface area contributed by atoms with Crippen molar-refractivity contribution in [3.8, 4) is 0 Å². The molecule has 0 aliphatic heterocycles. The van der Waals surface area contributed by atoms with E-state index in [4.69, 9.17) is 5.11 Å². The zero-order valence-corrected chi connectivity index (χ0v) is 11.0. The van der Waals surface area contributed by atoms with Gasteiger partial charge in [-0.2, -0.15) is 0 Å². The van der Waals surface area contributed by atoms with Crippen molar-refractivity contribution in [1.82, 2.24) is 10.2 Å². The molecule has 0 atom stereocenters. The van der Waals surface area contributed by atoms with Crippen LogP contribution < -0.4 is 5.32 Å². The van der Waals surface area contributed by atoms with Crippen molar-refractivity contribution in [2.75, 3.05) is 19.6 Å². The van der Waals surface area contributed by atoms with Gasteiger partial charge in [0, 0.05) is 6.04 Å². The molecule has 0 spiro atoms. The van der Waals surface area contributed by atoms with Gasteiger partial charge >= 0.3 is 5.97 Å². The molecule has 0 fully saturated rings. The van der Waals surface area contributed by atoms with Gasteiger partial charge in [0.1, 0.15) is 6.54 Å².